The van der Waals surface area contributed by atoms with Gasteiger partial charge in [-0.3, -0.25) is 0 Å². The largest absolute Gasteiger partial charge is 0.319 e. The Bertz CT molecular complexity index is 353. The van der Waals surface area contributed by atoms with Gasteiger partial charge in [-0.1, -0.05) is 6.42 Å². The molecule has 0 saturated heterocycles. The third kappa shape index (κ3) is 1.23. The first-order valence-electron chi connectivity index (χ1n) is 5.40. The van der Waals surface area contributed by atoms with Crippen molar-refractivity contribution >= 4 is 0 Å². The molecule has 2 fully saturated rings. The molecule has 3 rings (SSSR count). The fourth-order valence-electron chi connectivity index (χ4n) is 1.90. The molecule has 2 aliphatic rings. The topological polar surface area (TPSA) is 51.8 Å². The average molecular weight is 189 g/mol. The molecule has 1 aromatic heterocycles. The van der Waals surface area contributed by atoms with Crippen molar-refractivity contribution in [2.45, 2.75) is 43.6 Å². The molecular formula is C11H15N3. The Hall–Kier alpha value is -0.960. The Balaban J connectivity index is 1.91. The Kier molecular flexibility index (Phi) is 1.65. The second kappa shape index (κ2) is 2.76. The van der Waals surface area contributed by atoms with Gasteiger partial charge in [0.1, 0.15) is 5.82 Å². The van der Waals surface area contributed by atoms with Crippen LogP contribution >= 0.6 is 0 Å². The van der Waals surface area contributed by atoms with Crippen LogP contribution in [0.3, 0.4) is 0 Å². The van der Waals surface area contributed by atoms with Gasteiger partial charge in [-0.05, 0) is 31.7 Å². The maximum absolute atomic E-state index is 6.07. The van der Waals surface area contributed by atoms with Gasteiger partial charge in [0.05, 0.1) is 5.54 Å². The summed E-state index contributed by atoms with van der Waals surface area (Å²) in [5.74, 6) is 1.54. The van der Waals surface area contributed by atoms with Crippen LogP contribution in [0.25, 0.3) is 0 Å². The fraction of sp³-hybridized carbons (Fsp3) is 0.636. The molecule has 0 unspecified atom stereocenters. The second-order valence-corrected chi connectivity index (χ2v) is 4.59. The van der Waals surface area contributed by atoms with Crippen molar-refractivity contribution in [2.24, 2.45) is 5.73 Å². The van der Waals surface area contributed by atoms with Crippen LogP contribution in [0.2, 0.25) is 0 Å². The lowest BCUT2D eigenvalue weighted by molar-refractivity contribution is 0.408. The van der Waals surface area contributed by atoms with Crippen molar-refractivity contribution in [2.75, 3.05) is 0 Å². The molecule has 2 saturated carbocycles. The van der Waals surface area contributed by atoms with E-state index < -0.39 is 0 Å². The van der Waals surface area contributed by atoms with E-state index in [1.54, 1.807) is 0 Å². The van der Waals surface area contributed by atoms with Crippen LogP contribution in [0.4, 0.5) is 0 Å². The van der Waals surface area contributed by atoms with Gasteiger partial charge in [-0.25, -0.2) is 9.97 Å². The van der Waals surface area contributed by atoms with Gasteiger partial charge >= 0.3 is 0 Å². The summed E-state index contributed by atoms with van der Waals surface area (Å²) in [4.78, 5) is 8.87. The number of hydrogen-bond donors (Lipinski definition) is 1. The first-order chi connectivity index (χ1) is 6.78. The number of nitrogens with two attached hydrogens (primary N) is 1. The maximum Gasteiger partial charge on any atom is 0.148 e. The maximum atomic E-state index is 6.07. The molecule has 0 atom stereocenters. The van der Waals surface area contributed by atoms with E-state index >= 15 is 0 Å². The van der Waals surface area contributed by atoms with E-state index in [4.69, 9.17) is 5.73 Å². The van der Waals surface area contributed by atoms with Crippen LogP contribution in [0.5, 0.6) is 0 Å². The lowest BCUT2D eigenvalue weighted by atomic mass is 9.83. The molecule has 3 nitrogen and oxygen atoms in total. The molecule has 0 aliphatic heterocycles. The molecule has 0 spiro atoms. The summed E-state index contributed by atoms with van der Waals surface area (Å²) >= 11 is 0. The highest BCUT2D eigenvalue weighted by atomic mass is 15.0. The molecule has 0 amide bonds. The Morgan fingerprint density at radius 2 is 2.14 bits per heavy atom. The lowest BCUT2D eigenvalue weighted by Crippen LogP contribution is -2.23. The SMILES string of the molecule is NC1(c2nccc(C3CCC3)n2)CC1. The zero-order chi connectivity index (χ0) is 9.60. The number of rotatable bonds is 2. The summed E-state index contributed by atoms with van der Waals surface area (Å²) in [6.07, 6.45) is 7.87. The summed E-state index contributed by atoms with van der Waals surface area (Å²) in [7, 11) is 0. The van der Waals surface area contributed by atoms with Crippen molar-refractivity contribution in [3.05, 3.63) is 23.8 Å². The third-order valence-electron chi connectivity index (χ3n) is 3.43. The third-order valence-corrected chi connectivity index (χ3v) is 3.43. The highest BCUT2D eigenvalue weighted by Crippen LogP contribution is 2.42. The minimum atomic E-state index is -0.181. The number of aromatic nitrogens is 2. The molecular weight excluding hydrogens is 174 g/mol. The predicted octanol–water partition coefficient (Wildman–Crippen LogP) is 1.69. The minimum Gasteiger partial charge on any atom is -0.319 e. The predicted molar refractivity (Wildman–Crippen MR) is 53.7 cm³/mol. The van der Waals surface area contributed by atoms with E-state index in [9.17, 15) is 0 Å². The molecule has 0 aromatic carbocycles. The van der Waals surface area contributed by atoms with Crippen LogP contribution < -0.4 is 5.73 Å². The fourth-order valence-corrected chi connectivity index (χ4v) is 1.90. The van der Waals surface area contributed by atoms with Gasteiger partial charge in [0, 0.05) is 17.8 Å². The monoisotopic (exact) mass is 189 g/mol. The molecule has 2 aliphatic carbocycles. The normalized spacial score (nSPS) is 24.4. The van der Waals surface area contributed by atoms with Gasteiger partial charge in [0.15, 0.2) is 0 Å². The van der Waals surface area contributed by atoms with E-state index in [1.165, 1.54) is 25.0 Å². The van der Waals surface area contributed by atoms with E-state index in [1.807, 2.05) is 12.3 Å². The first kappa shape index (κ1) is 8.36. The Morgan fingerprint density at radius 3 is 2.71 bits per heavy atom. The number of hydrogen-bond acceptors (Lipinski definition) is 3. The first-order valence-corrected chi connectivity index (χ1v) is 5.40. The Morgan fingerprint density at radius 1 is 1.36 bits per heavy atom. The summed E-state index contributed by atoms with van der Waals surface area (Å²) in [5, 5.41) is 0. The van der Waals surface area contributed by atoms with Gasteiger partial charge in [0.25, 0.3) is 0 Å². The summed E-state index contributed by atoms with van der Waals surface area (Å²) in [6, 6.07) is 2.04. The molecule has 74 valence electrons. The van der Waals surface area contributed by atoms with Crippen molar-refractivity contribution in [1.82, 2.24) is 9.97 Å². The standard InChI is InChI=1S/C11H15N3/c12-11(5-6-11)10-13-7-4-9(14-10)8-2-1-3-8/h4,7-8H,1-3,5-6,12H2. The van der Waals surface area contributed by atoms with Gasteiger partial charge in [-0.15, -0.1) is 0 Å². The van der Waals surface area contributed by atoms with E-state index in [0.717, 1.165) is 18.7 Å². The molecule has 0 bridgehead atoms. The zero-order valence-electron chi connectivity index (χ0n) is 8.24. The molecule has 2 N–H and O–H groups in total. The van der Waals surface area contributed by atoms with E-state index in [2.05, 4.69) is 9.97 Å². The Labute approximate surface area is 83.8 Å². The smallest absolute Gasteiger partial charge is 0.148 e. The van der Waals surface area contributed by atoms with Crippen LogP contribution in [-0.4, -0.2) is 9.97 Å². The molecule has 14 heavy (non-hydrogen) atoms. The van der Waals surface area contributed by atoms with Crippen molar-refractivity contribution in [3.63, 3.8) is 0 Å². The quantitative estimate of drug-likeness (QED) is 0.770. The molecule has 0 radical (unpaired) electrons. The second-order valence-electron chi connectivity index (χ2n) is 4.59. The van der Waals surface area contributed by atoms with Crippen molar-refractivity contribution in [1.29, 1.82) is 0 Å². The molecule has 1 heterocycles. The van der Waals surface area contributed by atoms with Gasteiger partial charge < -0.3 is 5.73 Å². The number of nitrogens with zero attached hydrogens (tertiary/aromatic N) is 2. The van der Waals surface area contributed by atoms with E-state index in [0.29, 0.717) is 5.92 Å². The van der Waals surface area contributed by atoms with Crippen molar-refractivity contribution < 1.29 is 0 Å². The summed E-state index contributed by atoms with van der Waals surface area (Å²) < 4.78 is 0. The highest BCUT2D eigenvalue weighted by molar-refractivity contribution is 5.19. The minimum absolute atomic E-state index is 0.181. The van der Waals surface area contributed by atoms with Crippen LogP contribution in [0, 0.1) is 0 Å². The van der Waals surface area contributed by atoms with Crippen molar-refractivity contribution in [3.8, 4) is 0 Å². The van der Waals surface area contributed by atoms with Crippen LogP contribution in [0.15, 0.2) is 12.3 Å². The van der Waals surface area contributed by atoms with Gasteiger partial charge in [-0.2, -0.15) is 0 Å². The molecule has 3 heteroatoms. The summed E-state index contributed by atoms with van der Waals surface area (Å²) in [6.45, 7) is 0. The van der Waals surface area contributed by atoms with Gasteiger partial charge in [0.2, 0.25) is 0 Å². The van der Waals surface area contributed by atoms with E-state index in [-0.39, 0.29) is 5.54 Å². The van der Waals surface area contributed by atoms with Crippen LogP contribution in [-0.2, 0) is 5.54 Å². The average Bonchev–Trinajstić information content (AvgIpc) is 2.83. The zero-order valence-corrected chi connectivity index (χ0v) is 8.24. The van der Waals surface area contributed by atoms with Crippen LogP contribution in [0.1, 0.15) is 49.5 Å². The highest BCUT2D eigenvalue weighted by Gasteiger charge is 2.43. The molecule has 1 aromatic rings. The summed E-state index contributed by atoms with van der Waals surface area (Å²) in [5.41, 5.74) is 7.10. The lowest BCUT2D eigenvalue weighted by Gasteiger charge is -2.25.